The van der Waals surface area contributed by atoms with Crippen molar-refractivity contribution in [1.29, 1.82) is 0 Å². The molecular formula is C22H21N5O3S. The van der Waals surface area contributed by atoms with E-state index >= 15 is 0 Å². The van der Waals surface area contributed by atoms with Crippen LogP contribution in [0, 0.1) is 6.92 Å². The number of fused-ring (bicyclic) bond motifs is 1. The number of rotatable bonds is 6. The molecule has 0 aliphatic rings. The van der Waals surface area contributed by atoms with Gasteiger partial charge in [-0.25, -0.2) is 4.98 Å². The van der Waals surface area contributed by atoms with E-state index in [2.05, 4.69) is 20.7 Å². The zero-order valence-electron chi connectivity index (χ0n) is 17.3. The highest BCUT2D eigenvalue weighted by molar-refractivity contribution is 7.20. The molecule has 158 valence electrons. The number of thiazole rings is 1. The van der Waals surface area contributed by atoms with E-state index in [1.165, 1.54) is 18.3 Å². The molecule has 0 atom stereocenters. The van der Waals surface area contributed by atoms with Gasteiger partial charge in [-0.05, 0) is 42.8 Å². The van der Waals surface area contributed by atoms with Crippen molar-refractivity contribution in [2.45, 2.75) is 20.3 Å². The molecular weight excluding hydrogens is 414 g/mol. The first-order valence-corrected chi connectivity index (χ1v) is 10.4. The van der Waals surface area contributed by atoms with Gasteiger partial charge in [0.1, 0.15) is 11.6 Å². The second-order valence-corrected chi connectivity index (χ2v) is 8.03. The quantitative estimate of drug-likeness (QED) is 0.478. The van der Waals surface area contributed by atoms with Gasteiger partial charge in [0.15, 0.2) is 0 Å². The van der Waals surface area contributed by atoms with E-state index in [0.717, 1.165) is 27.2 Å². The summed E-state index contributed by atoms with van der Waals surface area (Å²) in [5.74, 6) is 1.01. The van der Waals surface area contributed by atoms with Gasteiger partial charge in [0, 0.05) is 18.7 Å². The van der Waals surface area contributed by atoms with Crippen LogP contribution in [0.1, 0.15) is 18.2 Å². The van der Waals surface area contributed by atoms with E-state index in [9.17, 15) is 9.59 Å². The molecule has 9 heteroatoms. The summed E-state index contributed by atoms with van der Waals surface area (Å²) >= 11 is 1.47. The lowest BCUT2D eigenvalue weighted by atomic mass is 10.1. The smallest absolute Gasteiger partial charge is 0.229 e. The number of carbonyl (C=O) groups excluding carboxylic acids is 2. The number of aryl methyl sites for hydroxylation is 1. The monoisotopic (exact) mass is 435 g/mol. The predicted octanol–water partition coefficient (Wildman–Crippen LogP) is 3.94. The van der Waals surface area contributed by atoms with Crippen LogP contribution in [0.25, 0.3) is 15.3 Å². The first kappa shape index (κ1) is 20.5. The number of carbonyl (C=O) groups is 2. The lowest BCUT2D eigenvalue weighted by Crippen LogP contribution is -2.17. The third-order valence-electron chi connectivity index (χ3n) is 4.50. The molecule has 0 radical (unpaired) electrons. The first-order chi connectivity index (χ1) is 14.9. The minimum atomic E-state index is -0.170. The number of hydrogen-bond donors (Lipinski definition) is 2. The van der Waals surface area contributed by atoms with Gasteiger partial charge >= 0.3 is 0 Å². The normalized spacial score (nSPS) is 10.8. The van der Waals surface area contributed by atoms with Gasteiger partial charge in [-0.1, -0.05) is 23.5 Å². The van der Waals surface area contributed by atoms with Crippen LogP contribution in [-0.2, 0) is 16.0 Å². The van der Waals surface area contributed by atoms with Gasteiger partial charge < -0.3 is 15.4 Å². The van der Waals surface area contributed by atoms with Crippen molar-refractivity contribution in [2.24, 2.45) is 0 Å². The lowest BCUT2D eigenvalue weighted by molar-refractivity contribution is -0.116. The van der Waals surface area contributed by atoms with Gasteiger partial charge in [-0.15, -0.1) is 0 Å². The summed E-state index contributed by atoms with van der Waals surface area (Å²) in [6.07, 6.45) is 0.196. The van der Waals surface area contributed by atoms with Gasteiger partial charge in [0.2, 0.25) is 16.9 Å². The number of anilines is 2. The number of benzene rings is 2. The fourth-order valence-electron chi connectivity index (χ4n) is 3.13. The highest BCUT2D eigenvalue weighted by Gasteiger charge is 2.15. The van der Waals surface area contributed by atoms with E-state index in [4.69, 9.17) is 4.74 Å². The number of nitrogens with one attached hydrogen (secondary N) is 2. The van der Waals surface area contributed by atoms with Crippen molar-refractivity contribution in [3.63, 3.8) is 0 Å². The maximum Gasteiger partial charge on any atom is 0.229 e. The topological polar surface area (TPSA) is 98.1 Å². The fourth-order valence-corrected chi connectivity index (χ4v) is 4.09. The number of amides is 2. The molecule has 8 nitrogen and oxygen atoms in total. The Hall–Kier alpha value is -3.72. The number of methoxy groups -OCH3 is 1. The Morgan fingerprint density at radius 3 is 2.58 bits per heavy atom. The van der Waals surface area contributed by atoms with Crippen LogP contribution >= 0.6 is 11.3 Å². The SMILES string of the molecule is COc1ccc2nc(-n3nc(C)cc3NC(=O)Cc3ccc(NC(C)=O)cc3)sc2c1. The highest BCUT2D eigenvalue weighted by Crippen LogP contribution is 2.30. The Morgan fingerprint density at radius 1 is 1.10 bits per heavy atom. The molecule has 0 bridgehead atoms. The van der Waals surface area contributed by atoms with E-state index < -0.39 is 0 Å². The van der Waals surface area contributed by atoms with Crippen molar-refractivity contribution >= 4 is 44.9 Å². The zero-order chi connectivity index (χ0) is 22.0. The summed E-state index contributed by atoms with van der Waals surface area (Å²) < 4.78 is 7.89. The molecule has 2 aromatic heterocycles. The predicted molar refractivity (Wildman–Crippen MR) is 121 cm³/mol. The molecule has 4 aromatic rings. The van der Waals surface area contributed by atoms with Crippen molar-refractivity contribution < 1.29 is 14.3 Å². The summed E-state index contributed by atoms with van der Waals surface area (Å²) in [7, 11) is 1.63. The molecule has 0 aliphatic carbocycles. The third-order valence-corrected chi connectivity index (χ3v) is 5.50. The summed E-state index contributed by atoms with van der Waals surface area (Å²) in [6.45, 7) is 3.32. The van der Waals surface area contributed by atoms with Gasteiger partial charge in [-0.3, -0.25) is 9.59 Å². The molecule has 0 unspecified atom stereocenters. The van der Waals surface area contributed by atoms with Crippen molar-refractivity contribution in [3.05, 3.63) is 59.8 Å². The zero-order valence-corrected chi connectivity index (χ0v) is 18.1. The lowest BCUT2D eigenvalue weighted by Gasteiger charge is -2.07. The molecule has 0 saturated carbocycles. The van der Waals surface area contributed by atoms with E-state index in [-0.39, 0.29) is 18.2 Å². The summed E-state index contributed by atoms with van der Waals surface area (Å²) in [4.78, 5) is 28.4. The average molecular weight is 436 g/mol. The standard InChI is InChI=1S/C22H21N5O3S/c1-13-10-20(25-21(29)11-15-4-6-16(7-5-15)23-14(2)28)27(26-13)22-24-18-9-8-17(30-3)12-19(18)31-22/h4-10,12H,11H2,1-3H3,(H,23,28)(H,25,29). The average Bonchev–Trinajstić information content (AvgIpc) is 3.31. The molecule has 2 heterocycles. The van der Waals surface area contributed by atoms with Gasteiger partial charge in [-0.2, -0.15) is 9.78 Å². The van der Waals surface area contributed by atoms with Crippen LogP contribution in [0.4, 0.5) is 11.5 Å². The Morgan fingerprint density at radius 2 is 1.87 bits per heavy atom. The number of nitrogens with zero attached hydrogens (tertiary/aromatic N) is 3. The third kappa shape index (κ3) is 4.72. The van der Waals surface area contributed by atoms with Crippen LogP contribution in [0.15, 0.2) is 48.5 Å². The second kappa shape index (κ2) is 8.57. The van der Waals surface area contributed by atoms with Gasteiger partial charge in [0.05, 0.1) is 29.4 Å². The first-order valence-electron chi connectivity index (χ1n) is 9.59. The Bertz CT molecular complexity index is 1260. The van der Waals surface area contributed by atoms with E-state index in [1.54, 1.807) is 23.9 Å². The highest BCUT2D eigenvalue weighted by atomic mass is 32.1. The largest absolute Gasteiger partial charge is 0.497 e. The molecule has 4 rings (SSSR count). The molecule has 2 amide bonds. The number of hydrogen-bond acceptors (Lipinski definition) is 6. The maximum atomic E-state index is 12.6. The molecule has 2 N–H and O–H groups in total. The van der Waals surface area contributed by atoms with Gasteiger partial charge in [0.25, 0.3) is 0 Å². The van der Waals surface area contributed by atoms with Crippen molar-refractivity contribution in [2.75, 3.05) is 17.7 Å². The molecule has 0 saturated heterocycles. The molecule has 2 aromatic carbocycles. The molecule has 0 fully saturated rings. The van der Waals surface area contributed by atoms with Crippen molar-refractivity contribution in [1.82, 2.24) is 14.8 Å². The summed E-state index contributed by atoms with van der Waals surface area (Å²) in [5, 5.41) is 10.8. The summed E-state index contributed by atoms with van der Waals surface area (Å²) in [6, 6.07) is 14.7. The maximum absolute atomic E-state index is 12.6. The number of ether oxygens (including phenoxy) is 1. The fraction of sp³-hybridized carbons (Fsp3) is 0.182. The van der Waals surface area contributed by atoms with Crippen LogP contribution < -0.4 is 15.4 Å². The Balaban J connectivity index is 1.52. The van der Waals surface area contributed by atoms with Crippen LogP contribution in [0.2, 0.25) is 0 Å². The minimum Gasteiger partial charge on any atom is -0.497 e. The minimum absolute atomic E-state index is 0.137. The Kier molecular flexibility index (Phi) is 5.68. The Labute approximate surface area is 182 Å². The van der Waals surface area contributed by atoms with E-state index in [1.807, 2.05) is 43.3 Å². The number of aromatic nitrogens is 3. The molecule has 31 heavy (non-hydrogen) atoms. The molecule has 0 spiro atoms. The second-order valence-electron chi connectivity index (χ2n) is 7.02. The van der Waals surface area contributed by atoms with Crippen LogP contribution in [-0.4, -0.2) is 33.7 Å². The summed E-state index contributed by atoms with van der Waals surface area (Å²) in [5.41, 5.74) is 3.14. The van der Waals surface area contributed by atoms with E-state index in [0.29, 0.717) is 16.6 Å². The van der Waals surface area contributed by atoms with Crippen molar-refractivity contribution in [3.8, 4) is 10.9 Å². The van der Waals surface area contributed by atoms with Crippen LogP contribution in [0.3, 0.4) is 0 Å². The molecule has 0 aliphatic heterocycles. The van der Waals surface area contributed by atoms with Crippen LogP contribution in [0.5, 0.6) is 5.75 Å².